The number of rotatable bonds is 27. The van der Waals surface area contributed by atoms with Gasteiger partial charge >= 0.3 is 137 Å². The second-order valence-electron chi connectivity index (χ2n) is 15.0. The summed E-state index contributed by atoms with van der Waals surface area (Å²) in [5.41, 5.74) is -1.97. The first kappa shape index (κ1) is 75.0. The molecule has 0 bridgehead atoms. The summed E-state index contributed by atoms with van der Waals surface area (Å²) in [6.07, 6.45) is -24.0. The van der Waals surface area contributed by atoms with Crippen molar-refractivity contribution in [2.75, 3.05) is 19.8 Å². The number of alkyl halides is 46. The molecule has 0 radical (unpaired) electrons. The predicted octanol–water partition coefficient (Wildman–Crippen LogP) is 15.7. The second-order valence-corrected chi connectivity index (χ2v) is 15.0. The third-order valence-electron chi connectivity index (χ3n) is 9.71. The lowest BCUT2D eigenvalue weighted by Crippen LogP contribution is -2.78. The zero-order valence-electron chi connectivity index (χ0n) is 34.9. The minimum Gasteiger partial charge on any atom is -0.462 e. The Morgan fingerprint density at radius 3 is 0.608 bits per heavy atom. The average Bonchev–Trinajstić information content (AvgIpc) is 3.22. The summed E-state index contributed by atoms with van der Waals surface area (Å²) < 4.78 is 630. The Labute approximate surface area is 399 Å². The van der Waals surface area contributed by atoms with Crippen molar-refractivity contribution >= 4 is 5.97 Å². The van der Waals surface area contributed by atoms with E-state index in [1.807, 2.05) is 0 Å². The van der Waals surface area contributed by atoms with Gasteiger partial charge in [-0.05, 0) is 0 Å². The van der Waals surface area contributed by atoms with Gasteiger partial charge in [-0.15, -0.1) is 0 Å². The van der Waals surface area contributed by atoms with E-state index >= 15 is 0 Å². The van der Waals surface area contributed by atoms with Gasteiger partial charge in [-0.3, -0.25) is 0 Å². The van der Waals surface area contributed by atoms with Crippen molar-refractivity contribution in [1.29, 1.82) is 0 Å². The highest BCUT2D eigenvalue weighted by atomic mass is 19.5. The summed E-state index contributed by atoms with van der Waals surface area (Å²) in [5, 5.41) is 0. The van der Waals surface area contributed by atoms with E-state index in [0.29, 0.717) is 0 Å². The molecule has 0 aliphatic heterocycles. The fourth-order valence-electron chi connectivity index (χ4n) is 4.72. The molecule has 0 aromatic rings. The molecule has 0 rings (SSSR count). The predicted molar refractivity (Wildman–Crippen MR) is 151 cm³/mol. The van der Waals surface area contributed by atoms with E-state index in [9.17, 15) is 207 Å². The molecule has 0 aliphatic rings. The summed E-state index contributed by atoms with van der Waals surface area (Å²) in [6, 6.07) is 0. The van der Waals surface area contributed by atoms with Crippen LogP contribution in [0.2, 0.25) is 0 Å². The number of hydrogen-bond donors (Lipinski definition) is 0. The van der Waals surface area contributed by atoms with Crippen LogP contribution < -0.4 is 0 Å². The van der Waals surface area contributed by atoms with E-state index in [1.165, 1.54) is 0 Å². The van der Waals surface area contributed by atoms with Gasteiger partial charge in [-0.1, -0.05) is 6.58 Å². The highest BCUT2D eigenvalue weighted by Crippen LogP contribution is 2.70. The molecular formula is C30H12F46O3. The van der Waals surface area contributed by atoms with E-state index in [1.54, 1.807) is 0 Å². The Bertz CT molecular complexity index is 2170. The van der Waals surface area contributed by atoms with Crippen LogP contribution in [0.3, 0.4) is 0 Å². The van der Waals surface area contributed by atoms with E-state index in [-0.39, 0.29) is 0 Å². The first-order valence-corrected chi connectivity index (χ1v) is 17.6. The third kappa shape index (κ3) is 10.1. The molecule has 49 heteroatoms. The number of halogens is 46. The molecule has 0 saturated heterocycles. The monoisotopic (exact) mass is 1290 g/mol. The van der Waals surface area contributed by atoms with Gasteiger partial charge in [0.1, 0.15) is 0 Å². The Hall–Kier alpha value is -4.05. The van der Waals surface area contributed by atoms with Crippen LogP contribution in [0.1, 0.15) is 12.8 Å². The normalized spacial score (nSPS) is 16.6. The van der Waals surface area contributed by atoms with Crippen LogP contribution in [0.15, 0.2) is 12.2 Å². The number of carbonyl (C=O) groups excluding carboxylic acids is 1. The largest absolute Gasteiger partial charge is 0.462 e. The summed E-state index contributed by atoms with van der Waals surface area (Å²) in [6.45, 7) is -5.72. The van der Waals surface area contributed by atoms with Crippen molar-refractivity contribution in [2.45, 2.75) is 144 Å². The topological polar surface area (TPSA) is 35.5 Å². The highest BCUT2D eigenvalue weighted by Gasteiger charge is 3.01. The van der Waals surface area contributed by atoms with Gasteiger partial charge in [0.15, 0.2) is 0 Å². The van der Waals surface area contributed by atoms with E-state index in [0.717, 1.165) is 0 Å². The molecular weight excluding hydrogens is 1280 g/mol. The van der Waals surface area contributed by atoms with Crippen LogP contribution in [0.4, 0.5) is 202 Å². The molecule has 0 amide bonds. The summed E-state index contributed by atoms with van der Waals surface area (Å²) >= 11 is 0. The highest BCUT2D eigenvalue weighted by molar-refractivity contribution is 5.87. The smallest absolute Gasteiger partial charge is 0.460 e. The van der Waals surface area contributed by atoms with Crippen LogP contribution in [-0.2, 0) is 14.3 Å². The SMILES string of the molecule is C=C(COCCC(F)(F)C(F)(F)C(F)(F)C(F)(F)C(F)(F)C(F)(F)C(F)(F)C(F)(F)C(F)(F)C(F)(F)F)C(=O)OCCC(F)(F)C(F)(F)C(F)(F)C(F)(F)C(F)(F)C(F)(F)C(F)(F)C(F)(F)C(F)(F)C(F)(F)C(F)(F)C(F)(F)F. The molecule has 0 aromatic heterocycles. The molecule has 3 nitrogen and oxygen atoms in total. The van der Waals surface area contributed by atoms with Gasteiger partial charge in [0.25, 0.3) is 0 Å². The van der Waals surface area contributed by atoms with Gasteiger partial charge in [0.05, 0.1) is 31.8 Å². The van der Waals surface area contributed by atoms with E-state index in [2.05, 4.69) is 16.1 Å². The van der Waals surface area contributed by atoms with Crippen molar-refractivity contribution in [1.82, 2.24) is 0 Å². The van der Waals surface area contributed by atoms with Gasteiger partial charge in [-0.2, -0.15) is 202 Å². The Morgan fingerprint density at radius 2 is 0.418 bits per heavy atom. The van der Waals surface area contributed by atoms with Crippen LogP contribution in [-0.4, -0.2) is 157 Å². The Morgan fingerprint density at radius 1 is 0.253 bits per heavy atom. The molecule has 0 aliphatic carbocycles. The van der Waals surface area contributed by atoms with Crippen molar-refractivity contribution in [3.8, 4) is 0 Å². The minimum atomic E-state index is -9.95. The molecule has 0 spiro atoms. The van der Waals surface area contributed by atoms with Crippen LogP contribution in [0.25, 0.3) is 0 Å². The van der Waals surface area contributed by atoms with Crippen LogP contribution in [0, 0.1) is 0 Å². The lowest BCUT2D eigenvalue weighted by atomic mass is 9.84. The van der Waals surface area contributed by atoms with Gasteiger partial charge in [0.2, 0.25) is 0 Å². The minimum absolute atomic E-state index is 1.97. The zero-order valence-corrected chi connectivity index (χ0v) is 34.9. The lowest BCUT2D eigenvalue weighted by Gasteiger charge is -2.45. The summed E-state index contributed by atoms with van der Waals surface area (Å²) in [4.78, 5) is 11.7. The number of hydrogen-bond acceptors (Lipinski definition) is 3. The van der Waals surface area contributed by atoms with Gasteiger partial charge in [-0.25, -0.2) is 4.79 Å². The maximum Gasteiger partial charge on any atom is 0.460 e. The second kappa shape index (κ2) is 19.8. The molecule has 0 fully saturated rings. The summed E-state index contributed by atoms with van der Waals surface area (Å²) in [7, 11) is 0. The molecule has 0 atom stereocenters. The van der Waals surface area contributed by atoms with Crippen molar-refractivity contribution in [3.05, 3.63) is 12.2 Å². The van der Waals surface area contributed by atoms with Crippen molar-refractivity contribution in [3.63, 3.8) is 0 Å². The van der Waals surface area contributed by atoms with Crippen LogP contribution in [0.5, 0.6) is 0 Å². The van der Waals surface area contributed by atoms with E-state index < -0.39 is 175 Å². The molecule has 472 valence electrons. The third-order valence-corrected chi connectivity index (χ3v) is 9.71. The van der Waals surface area contributed by atoms with Crippen molar-refractivity contribution < 1.29 is 216 Å². The summed E-state index contributed by atoms with van der Waals surface area (Å²) in [5.74, 6) is -187. The average molecular weight is 1290 g/mol. The Kier molecular flexibility index (Phi) is 18.8. The standard InChI is InChI=1S/C30H12F46O3/c1-7(6-78-4-2-9(31,32)11(35,36)13(39,40)15(43,44)18(49,50)21(55,56)23(59,60)25(63,64)27(67,68)29(71,72)73)8(77)79-5-3-10(33,34)12(37,38)14(41,42)16(45,46)17(47,48)19(51,52)20(53,54)22(57,58)24(61,62)26(65,66)28(69,70)30(74,75)76/h1-6H2. The molecule has 0 N–H and O–H groups in total. The molecule has 0 aromatic carbocycles. The van der Waals surface area contributed by atoms with Crippen LogP contribution >= 0.6 is 0 Å². The first-order chi connectivity index (χ1) is 33.5. The first-order valence-electron chi connectivity index (χ1n) is 17.6. The van der Waals surface area contributed by atoms with E-state index in [4.69, 9.17) is 0 Å². The van der Waals surface area contributed by atoms with Gasteiger partial charge in [0, 0.05) is 6.42 Å². The number of esters is 1. The zero-order chi connectivity index (χ0) is 65.1. The quantitative estimate of drug-likeness (QED) is 0.0356. The maximum absolute atomic E-state index is 14.1. The molecule has 79 heavy (non-hydrogen) atoms. The van der Waals surface area contributed by atoms with Crippen molar-refractivity contribution in [2.24, 2.45) is 0 Å². The fourth-order valence-corrected chi connectivity index (χ4v) is 4.72. The lowest BCUT2D eigenvalue weighted by molar-refractivity contribution is -0.482. The molecule has 0 saturated carbocycles. The van der Waals surface area contributed by atoms with Gasteiger partial charge < -0.3 is 9.47 Å². The Balaban J connectivity index is 6.48. The number of ether oxygens (including phenoxy) is 2. The maximum atomic E-state index is 14.1. The number of carbonyl (C=O) groups is 1. The molecule has 0 unspecified atom stereocenters. The molecule has 0 heterocycles. The fraction of sp³-hybridized carbons (Fsp3) is 0.900.